The zero-order chi connectivity index (χ0) is 20.5. The zero-order valence-electron chi connectivity index (χ0n) is 16.0. The molecule has 0 aromatic heterocycles. The molecule has 2 rings (SSSR count). The average Bonchev–Trinajstić information content (AvgIpc) is 2.70. The van der Waals surface area contributed by atoms with Gasteiger partial charge >= 0.3 is 0 Å². The first-order chi connectivity index (χ1) is 13.4. The highest BCUT2D eigenvalue weighted by molar-refractivity contribution is 14.1. The molecule has 150 valence electrons. The highest BCUT2D eigenvalue weighted by Crippen LogP contribution is 2.16. The van der Waals surface area contributed by atoms with Crippen molar-refractivity contribution < 1.29 is 14.3 Å². The van der Waals surface area contributed by atoms with Gasteiger partial charge in [-0.1, -0.05) is 35.0 Å². The van der Waals surface area contributed by atoms with Gasteiger partial charge in [-0.05, 0) is 77.9 Å². The van der Waals surface area contributed by atoms with E-state index >= 15 is 0 Å². The number of rotatable bonds is 9. The largest absolute Gasteiger partial charge is 0.484 e. The van der Waals surface area contributed by atoms with Crippen LogP contribution in [0.25, 0.3) is 0 Å². The van der Waals surface area contributed by atoms with E-state index in [0.29, 0.717) is 18.8 Å². The van der Waals surface area contributed by atoms with Gasteiger partial charge in [0.15, 0.2) is 6.61 Å². The number of amides is 2. The van der Waals surface area contributed by atoms with Gasteiger partial charge < -0.3 is 15.0 Å². The second-order valence-electron chi connectivity index (χ2n) is 6.36. The monoisotopic (exact) mass is 558 g/mol. The lowest BCUT2D eigenvalue weighted by Crippen LogP contribution is -2.49. The van der Waals surface area contributed by atoms with E-state index in [1.54, 1.807) is 11.8 Å². The number of carbonyl (C=O) groups excluding carboxylic acids is 2. The minimum absolute atomic E-state index is 0.123. The first kappa shape index (κ1) is 22.7. The summed E-state index contributed by atoms with van der Waals surface area (Å²) in [4.78, 5) is 26.9. The number of hydrogen-bond donors (Lipinski definition) is 1. The molecular weight excluding hydrogens is 535 g/mol. The van der Waals surface area contributed by atoms with Crippen LogP contribution < -0.4 is 10.1 Å². The topological polar surface area (TPSA) is 58.6 Å². The van der Waals surface area contributed by atoms with Crippen molar-refractivity contribution in [1.29, 1.82) is 0 Å². The van der Waals surface area contributed by atoms with Crippen LogP contribution in [0.5, 0.6) is 5.75 Å². The van der Waals surface area contributed by atoms with Gasteiger partial charge in [-0.15, -0.1) is 0 Å². The standard InChI is InChI=1S/C21H24BrIN2O3/c1-3-12-24-21(27)15(2)25(13-16-4-6-17(22)7-5-16)20(26)14-28-19-10-8-18(23)9-11-19/h4-11,15H,3,12-14H2,1-2H3,(H,24,27)/t15-/m1/s1. The molecule has 0 saturated carbocycles. The van der Waals surface area contributed by atoms with E-state index in [1.165, 1.54) is 0 Å². The Morgan fingerprint density at radius 3 is 2.39 bits per heavy atom. The Kier molecular flexibility index (Phi) is 9.24. The quantitative estimate of drug-likeness (QED) is 0.465. The van der Waals surface area contributed by atoms with E-state index < -0.39 is 6.04 Å². The highest BCUT2D eigenvalue weighted by atomic mass is 127. The lowest BCUT2D eigenvalue weighted by atomic mass is 10.1. The first-order valence-electron chi connectivity index (χ1n) is 9.10. The van der Waals surface area contributed by atoms with Gasteiger partial charge in [0.1, 0.15) is 11.8 Å². The molecule has 5 nitrogen and oxygen atoms in total. The van der Waals surface area contributed by atoms with Gasteiger partial charge in [0.25, 0.3) is 5.91 Å². The summed E-state index contributed by atoms with van der Waals surface area (Å²) in [7, 11) is 0. The molecule has 0 saturated heterocycles. The van der Waals surface area contributed by atoms with Crippen LogP contribution in [-0.2, 0) is 16.1 Å². The molecule has 0 radical (unpaired) electrons. The zero-order valence-corrected chi connectivity index (χ0v) is 19.7. The Morgan fingerprint density at radius 1 is 1.14 bits per heavy atom. The fourth-order valence-electron chi connectivity index (χ4n) is 2.52. The molecule has 1 N–H and O–H groups in total. The maximum Gasteiger partial charge on any atom is 0.261 e. The fraction of sp³-hybridized carbons (Fsp3) is 0.333. The molecule has 0 heterocycles. The van der Waals surface area contributed by atoms with Crippen molar-refractivity contribution in [1.82, 2.24) is 10.2 Å². The molecule has 7 heteroatoms. The summed E-state index contributed by atoms with van der Waals surface area (Å²) in [6.07, 6.45) is 0.842. The number of halogens is 2. The van der Waals surface area contributed by atoms with Gasteiger partial charge in [-0.25, -0.2) is 0 Å². The first-order valence-corrected chi connectivity index (χ1v) is 11.0. The van der Waals surface area contributed by atoms with Crippen LogP contribution in [0.4, 0.5) is 0 Å². The number of carbonyl (C=O) groups is 2. The molecule has 28 heavy (non-hydrogen) atoms. The summed E-state index contributed by atoms with van der Waals surface area (Å²) in [5.41, 5.74) is 0.945. The lowest BCUT2D eigenvalue weighted by Gasteiger charge is -2.28. The van der Waals surface area contributed by atoms with Crippen molar-refractivity contribution in [3.63, 3.8) is 0 Å². The van der Waals surface area contributed by atoms with Gasteiger partial charge in [-0.2, -0.15) is 0 Å². The molecule has 0 spiro atoms. The van der Waals surface area contributed by atoms with E-state index in [2.05, 4.69) is 43.8 Å². The van der Waals surface area contributed by atoms with Crippen molar-refractivity contribution in [3.8, 4) is 5.75 Å². The SMILES string of the molecule is CCCNC(=O)[C@@H](C)N(Cc1ccc(Br)cc1)C(=O)COc1ccc(I)cc1. The molecular formula is C21H24BrIN2O3. The highest BCUT2D eigenvalue weighted by Gasteiger charge is 2.26. The van der Waals surface area contributed by atoms with Crippen molar-refractivity contribution in [3.05, 3.63) is 62.1 Å². The fourth-order valence-corrected chi connectivity index (χ4v) is 3.15. The molecule has 1 atom stereocenters. The average molecular weight is 559 g/mol. The van der Waals surface area contributed by atoms with E-state index in [4.69, 9.17) is 4.74 Å². The van der Waals surface area contributed by atoms with Crippen LogP contribution in [0.15, 0.2) is 53.0 Å². The van der Waals surface area contributed by atoms with Crippen molar-refractivity contribution in [2.75, 3.05) is 13.2 Å². The molecule has 2 amide bonds. The second kappa shape index (κ2) is 11.4. The summed E-state index contributed by atoms with van der Waals surface area (Å²) < 4.78 is 7.69. The van der Waals surface area contributed by atoms with Gasteiger partial charge in [0, 0.05) is 21.1 Å². The van der Waals surface area contributed by atoms with Crippen LogP contribution in [0.3, 0.4) is 0 Å². The Morgan fingerprint density at radius 2 is 1.79 bits per heavy atom. The van der Waals surface area contributed by atoms with E-state index in [9.17, 15) is 9.59 Å². The van der Waals surface area contributed by atoms with Crippen LogP contribution in [-0.4, -0.2) is 35.9 Å². The molecule has 0 aliphatic carbocycles. The third-order valence-electron chi connectivity index (χ3n) is 4.16. The molecule has 0 fully saturated rings. The summed E-state index contributed by atoms with van der Waals surface area (Å²) in [5.74, 6) is 0.225. The second-order valence-corrected chi connectivity index (χ2v) is 8.52. The van der Waals surface area contributed by atoms with Gasteiger partial charge in [-0.3, -0.25) is 9.59 Å². The molecule has 2 aromatic rings. The minimum atomic E-state index is -0.594. The third kappa shape index (κ3) is 7.09. The number of nitrogens with zero attached hydrogens (tertiary/aromatic N) is 1. The van der Waals surface area contributed by atoms with E-state index in [1.807, 2.05) is 55.5 Å². The molecule has 0 aliphatic rings. The Balaban J connectivity index is 2.10. The third-order valence-corrected chi connectivity index (χ3v) is 5.41. The summed E-state index contributed by atoms with van der Waals surface area (Å²) >= 11 is 5.62. The number of hydrogen-bond acceptors (Lipinski definition) is 3. The number of benzene rings is 2. The number of nitrogens with one attached hydrogen (secondary N) is 1. The predicted molar refractivity (Wildman–Crippen MR) is 122 cm³/mol. The number of ether oxygens (including phenoxy) is 1. The molecule has 0 aliphatic heterocycles. The maximum atomic E-state index is 12.9. The predicted octanol–water partition coefficient (Wildman–Crippen LogP) is 4.38. The summed E-state index contributed by atoms with van der Waals surface area (Å²) in [5, 5.41) is 2.86. The minimum Gasteiger partial charge on any atom is -0.484 e. The van der Waals surface area contributed by atoms with Crippen molar-refractivity contribution >= 4 is 50.3 Å². The molecule has 0 unspecified atom stereocenters. The maximum absolute atomic E-state index is 12.9. The summed E-state index contributed by atoms with van der Waals surface area (Å²) in [6.45, 7) is 4.53. The molecule has 2 aromatic carbocycles. The van der Waals surface area contributed by atoms with Crippen LogP contribution in [0, 0.1) is 3.57 Å². The van der Waals surface area contributed by atoms with E-state index in [0.717, 1.165) is 20.0 Å². The summed E-state index contributed by atoms with van der Waals surface area (Å²) in [6, 6.07) is 14.6. The molecule has 0 bridgehead atoms. The Hall–Kier alpha value is -1.61. The van der Waals surface area contributed by atoms with Crippen LogP contribution >= 0.6 is 38.5 Å². The van der Waals surface area contributed by atoms with Crippen LogP contribution in [0.1, 0.15) is 25.8 Å². The Bertz CT molecular complexity index is 781. The van der Waals surface area contributed by atoms with Crippen LogP contribution in [0.2, 0.25) is 0 Å². The Labute approximate surface area is 188 Å². The lowest BCUT2D eigenvalue weighted by molar-refractivity contribution is -0.142. The smallest absolute Gasteiger partial charge is 0.261 e. The van der Waals surface area contributed by atoms with Crippen molar-refractivity contribution in [2.45, 2.75) is 32.9 Å². The normalized spacial score (nSPS) is 11.6. The van der Waals surface area contributed by atoms with E-state index in [-0.39, 0.29) is 18.4 Å². The van der Waals surface area contributed by atoms with Gasteiger partial charge in [0.2, 0.25) is 5.91 Å². The van der Waals surface area contributed by atoms with Crippen molar-refractivity contribution in [2.24, 2.45) is 0 Å². The van der Waals surface area contributed by atoms with Gasteiger partial charge in [0.05, 0.1) is 0 Å².